The van der Waals surface area contributed by atoms with E-state index in [4.69, 9.17) is 5.10 Å². The first kappa shape index (κ1) is 24.5. The molecule has 5 aromatic rings. The highest BCUT2D eigenvalue weighted by molar-refractivity contribution is 6.36. The first-order valence-corrected chi connectivity index (χ1v) is 13.2. The molecule has 1 atom stereocenters. The molecule has 7 rings (SSSR count). The van der Waals surface area contributed by atoms with E-state index >= 15 is 0 Å². The Hall–Kier alpha value is -5.56. The summed E-state index contributed by atoms with van der Waals surface area (Å²) in [6.07, 6.45) is 0.572. The van der Waals surface area contributed by atoms with Gasteiger partial charge in [0.1, 0.15) is 0 Å². The predicted octanol–water partition coefficient (Wildman–Crippen LogP) is 5.36. The van der Waals surface area contributed by atoms with Crippen LogP contribution in [-0.2, 0) is 0 Å². The van der Waals surface area contributed by atoms with E-state index in [0.29, 0.717) is 28.6 Å². The zero-order chi connectivity index (χ0) is 28.1. The van der Waals surface area contributed by atoms with Crippen molar-refractivity contribution in [2.24, 2.45) is 5.10 Å². The molecule has 198 valence electrons. The fraction of sp³-hybridized carbons (Fsp3) is 0.0588. The largest absolute Gasteiger partial charge is 0.545 e. The number of aromatic carboxylic acids is 1. The maximum atomic E-state index is 13.6. The number of hydrogen-bond donors (Lipinski definition) is 0. The Morgan fingerprint density at radius 1 is 0.683 bits per heavy atom. The minimum absolute atomic E-state index is 0.0934. The number of nitrogens with zero attached hydrogens (tertiary/aromatic N) is 3. The Morgan fingerprint density at radius 3 is 2.00 bits per heavy atom. The van der Waals surface area contributed by atoms with Gasteiger partial charge < -0.3 is 9.90 Å². The van der Waals surface area contributed by atoms with E-state index in [1.54, 1.807) is 48.5 Å². The van der Waals surface area contributed by atoms with Gasteiger partial charge in [0.2, 0.25) is 0 Å². The quantitative estimate of drug-likeness (QED) is 0.282. The molecule has 0 N–H and O–H groups in total. The smallest absolute Gasteiger partial charge is 0.265 e. The molecule has 0 saturated heterocycles. The first-order chi connectivity index (χ1) is 20.0. The van der Waals surface area contributed by atoms with Crippen molar-refractivity contribution in [3.05, 3.63) is 143 Å². The molecule has 0 saturated carbocycles. The van der Waals surface area contributed by atoms with Gasteiger partial charge in [-0.1, -0.05) is 78.9 Å². The van der Waals surface area contributed by atoms with E-state index in [1.807, 2.05) is 59.6 Å². The molecule has 0 radical (unpaired) electrons. The van der Waals surface area contributed by atoms with Gasteiger partial charge in [0.05, 0.1) is 29.1 Å². The number of hydrazone groups is 1. The summed E-state index contributed by atoms with van der Waals surface area (Å²) in [6.45, 7) is 0. The van der Waals surface area contributed by atoms with Crippen LogP contribution in [0.25, 0.3) is 10.8 Å². The molecule has 2 aliphatic heterocycles. The maximum absolute atomic E-state index is 13.6. The average Bonchev–Trinajstić information content (AvgIpc) is 3.46. The lowest BCUT2D eigenvalue weighted by Gasteiger charge is -2.27. The molecular weight excluding hydrogens is 514 g/mol. The topological polar surface area (TPSA) is 93.1 Å². The van der Waals surface area contributed by atoms with Crippen molar-refractivity contribution in [3.63, 3.8) is 0 Å². The molecule has 2 heterocycles. The third-order valence-electron chi connectivity index (χ3n) is 7.70. The van der Waals surface area contributed by atoms with Crippen LogP contribution in [0.1, 0.15) is 54.7 Å². The van der Waals surface area contributed by atoms with Crippen molar-refractivity contribution in [2.45, 2.75) is 12.5 Å². The van der Waals surface area contributed by atoms with Crippen LogP contribution < -0.4 is 15.0 Å². The Bertz CT molecular complexity index is 1860. The zero-order valence-corrected chi connectivity index (χ0v) is 21.7. The third-order valence-corrected chi connectivity index (χ3v) is 7.70. The summed E-state index contributed by atoms with van der Waals surface area (Å²) in [5.74, 6) is -1.95. The van der Waals surface area contributed by atoms with Crippen LogP contribution in [-0.4, -0.2) is 23.5 Å². The van der Waals surface area contributed by atoms with E-state index in [2.05, 4.69) is 0 Å². The van der Waals surface area contributed by atoms with E-state index in [0.717, 1.165) is 27.9 Å². The summed E-state index contributed by atoms with van der Waals surface area (Å²) in [5, 5.41) is 19.6. The van der Waals surface area contributed by atoms with E-state index in [9.17, 15) is 19.5 Å². The molecular formula is C34H22N3O4-. The molecule has 0 aromatic heterocycles. The standard InChI is InChI=1S/C34H23N3O4/c38-32-27-13-7-12-26-25(18-19-28(31(26)27)33(39)36(32)23-10-5-2-6-11-23)29-20-30(21-8-3-1-4-9-21)37(35-29)24-16-14-22(15-17-24)34(40)41/h1-19,30H,20H2,(H,40,41)/p-1/t30-/m1/s1. The van der Waals surface area contributed by atoms with Gasteiger partial charge in [-0.05, 0) is 52.9 Å². The Kier molecular flexibility index (Phi) is 5.71. The number of para-hydroxylation sites is 1. The fourth-order valence-corrected chi connectivity index (χ4v) is 5.76. The summed E-state index contributed by atoms with van der Waals surface area (Å²) >= 11 is 0. The molecule has 7 nitrogen and oxygen atoms in total. The van der Waals surface area contributed by atoms with Gasteiger partial charge in [0.15, 0.2) is 0 Å². The van der Waals surface area contributed by atoms with E-state index in [1.165, 1.54) is 17.0 Å². The van der Waals surface area contributed by atoms with Crippen LogP contribution in [0.5, 0.6) is 0 Å². The van der Waals surface area contributed by atoms with Crippen LogP contribution in [0.15, 0.2) is 120 Å². The van der Waals surface area contributed by atoms with Gasteiger partial charge in [-0.25, -0.2) is 4.90 Å². The summed E-state index contributed by atoms with van der Waals surface area (Å²) in [5.41, 5.74) is 5.00. The second-order valence-electron chi connectivity index (χ2n) is 10.0. The number of amides is 2. The number of hydrogen-bond acceptors (Lipinski definition) is 6. The summed E-state index contributed by atoms with van der Waals surface area (Å²) in [4.78, 5) is 39.8. The van der Waals surface area contributed by atoms with Crippen molar-refractivity contribution in [3.8, 4) is 0 Å². The van der Waals surface area contributed by atoms with Crippen molar-refractivity contribution >= 4 is 45.6 Å². The van der Waals surface area contributed by atoms with Gasteiger partial charge in [-0.15, -0.1) is 0 Å². The number of carbonyl (C=O) groups excluding carboxylic acids is 3. The highest BCUT2D eigenvalue weighted by Gasteiger charge is 2.36. The lowest BCUT2D eigenvalue weighted by atomic mass is 9.88. The van der Waals surface area contributed by atoms with Gasteiger partial charge in [-0.3, -0.25) is 14.6 Å². The fourth-order valence-electron chi connectivity index (χ4n) is 5.76. The number of benzene rings is 5. The van der Waals surface area contributed by atoms with Crippen LogP contribution >= 0.6 is 0 Å². The van der Waals surface area contributed by atoms with Crippen LogP contribution in [0.2, 0.25) is 0 Å². The van der Waals surface area contributed by atoms with Crippen molar-refractivity contribution < 1.29 is 19.5 Å². The SMILES string of the molecule is O=C([O-])c1ccc(N2N=C(c3ccc4c5c(cccc35)C(=O)N(c3ccccc3)C4=O)C[C@@H]2c2ccccc2)cc1. The van der Waals surface area contributed by atoms with Gasteiger partial charge in [0.25, 0.3) is 11.8 Å². The Labute approximate surface area is 235 Å². The molecule has 7 heteroatoms. The number of carboxylic acid groups (broad SMARTS) is 1. The van der Waals surface area contributed by atoms with Gasteiger partial charge >= 0.3 is 0 Å². The van der Waals surface area contributed by atoms with Gasteiger partial charge in [0, 0.05) is 28.5 Å². The lowest BCUT2D eigenvalue weighted by molar-refractivity contribution is -0.255. The molecule has 2 aliphatic rings. The van der Waals surface area contributed by atoms with E-state index < -0.39 is 5.97 Å². The number of rotatable bonds is 5. The molecule has 0 spiro atoms. The molecule has 0 bridgehead atoms. The summed E-state index contributed by atoms with van der Waals surface area (Å²) in [6, 6.07) is 34.5. The van der Waals surface area contributed by atoms with Gasteiger partial charge in [-0.2, -0.15) is 5.10 Å². The average molecular weight is 537 g/mol. The maximum Gasteiger partial charge on any atom is 0.265 e. The summed E-state index contributed by atoms with van der Waals surface area (Å²) in [7, 11) is 0. The van der Waals surface area contributed by atoms with Crippen LogP contribution in [0, 0.1) is 0 Å². The molecule has 5 aromatic carbocycles. The number of carboxylic acids is 1. The second kappa shape index (κ2) is 9.57. The highest BCUT2D eigenvalue weighted by Crippen LogP contribution is 2.40. The normalized spacial score (nSPS) is 16.3. The zero-order valence-electron chi connectivity index (χ0n) is 21.7. The minimum atomic E-state index is -1.24. The lowest BCUT2D eigenvalue weighted by Crippen LogP contribution is -2.40. The summed E-state index contributed by atoms with van der Waals surface area (Å²) < 4.78 is 0. The Balaban J connectivity index is 1.35. The van der Waals surface area contributed by atoms with Crippen molar-refractivity contribution in [2.75, 3.05) is 9.91 Å². The third kappa shape index (κ3) is 3.98. The molecule has 41 heavy (non-hydrogen) atoms. The van der Waals surface area contributed by atoms with Crippen molar-refractivity contribution in [1.29, 1.82) is 0 Å². The second-order valence-corrected chi connectivity index (χ2v) is 10.0. The minimum Gasteiger partial charge on any atom is -0.545 e. The number of imide groups is 1. The molecule has 0 fully saturated rings. The number of carbonyl (C=O) groups is 3. The number of anilines is 2. The molecule has 2 amide bonds. The highest BCUT2D eigenvalue weighted by atomic mass is 16.4. The predicted molar refractivity (Wildman–Crippen MR) is 155 cm³/mol. The first-order valence-electron chi connectivity index (χ1n) is 13.2. The molecule has 0 aliphatic carbocycles. The molecule has 0 unspecified atom stereocenters. The van der Waals surface area contributed by atoms with Crippen LogP contribution in [0.4, 0.5) is 11.4 Å². The van der Waals surface area contributed by atoms with Crippen molar-refractivity contribution in [1.82, 2.24) is 0 Å². The monoisotopic (exact) mass is 536 g/mol. The Morgan fingerprint density at radius 2 is 1.32 bits per heavy atom. The van der Waals surface area contributed by atoms with E-state index in [-0.39, 0.29) is 23.4 Å². The van der Waals surface area contributed by atoms with Crippen LogP contribution in [0.3, 0.4) is 0 Å².